The summed E-state index contributed by atoms with van der Waals surface area (Å²) < 4.78 is 7.38. The molecule has 1 aromatic carbocycles. The van der Waals surface area contributed by atoms with E-state index in [0.29, 0.717) is 24.1 Å². The molecule has 120 valence electrons. The zero-order chi connectivity index (χ0) is 15.8. The molecule has 6 heteroatoms. The Morgan fingerprint density at radius 1 is 1.30 bits per heavy atom. The smallest absolute Gasteiger partial charge is 0.244 e. The molecular weight excluding hydrogens is 294 g/mol. The number of morpholine rings is 1. The van der Waals surface area contributed by atoms with E-state index < -0.39 is 0 Å². The van der Waals surface area contributed by atoms with Gasteiger partial charge in [-0.15, -0.1) is 0 Å². The van der Waals surface area contributed by atoms with Crippen molar-refractivity contribution < 1.29 is 9.53 Å². The number of benzene rings is 1. The zero-order valence-electron chi connectivity index (χ0n) is 12.9. The third-order valence-electron chi connectivity index (χ3n) is 4.85. The van der Waals surface area contributed by atoms with Crippen LogP contribution in [0.5, 0.6) is 0 Å². The Bertz CT molecular complexity index is 801. The van der Waals surface area contributed by atoms with Crippen molar-refractivity contribution in [2.45, 2.75) is 38.0 Å². The first-order valence-corrected chi connectivity index (χ1v) is 8.10. The Balaban J connectivity index is 1.62. The van der Waals surface area contributed by atoms with Crippen molar-refractivity contribution in [1.29, 1.82) is 0 Å². The summed E-state index contributed by atoms with van der Waals surface area (Å²) in [6.45, 7) is 1.40. The summed E-state index contributed by atoms with van der Waals surface area (Å²) in [5.41, 5.74) is 0.580. The van der Waals surface area contributed by atoms with E-state index in [-0.39, 0.29) is 30.0 Å². The van der Waals surface area contributed by atoms with Gasteiger partial charge in [0.05, 0.1) is 30.5 Å². The predicted octanol–water partition coefficient (Wildman–Crippen LogP) is 1.18. The lowest BCUT2D eigenvalue weighted by atomic mass is 10.1. The number of aromatic nitrogens is 2. The first-order valence-electron chi connectivity index (χ1n) is 8.10. The summed E-state index contributed by atoms with van der Waals surface area (Å²) >= 11 is 0. The lowest BCUT2D eigenvalue weighted by molar-refractivity contribution is -0.144. The van der Waals surface area contributed by atoms with Crippen LogP contribution in [0.15, 0.2) is 35.3 Å². The molecule has 23 heavy (non-hydrogen) atoms. The molecular formula is C17H19N3O3. The minimum absolute atomic E-state index is 0.0477. The number of hydrogen-bond donors (Lipinski definition) is 0. The van der Waals surface area contributed by atoms with Crippen LogP contribution in [-0.4, -0.2) is 45.9 Å². The molecule has 4 rings (SSSR count). The number of rotatable bonds is 2. The van der Waals surface area contributed by atoms with E-state index in [1.54, 1.807) is 10.7 Å². The van der Waals surface area contributed by atoms with Crippen LogP contribution in [0.1, 0.15) is 19.3 Å². The van der Waals surface area contributed by atoms with Crippen molar-refractivity contribution in [3.8, 4) is 0 Å². The molecule has 1 saturated heterocycles. The molecule has 2 aromatic rings. The molecule has 6 nitrogen and oxygen atoms in total. The van der Waals surface area contributed by atoms with Gasteiger partial charge in [0.2, 0.25) is 11.3 Å². The van der Waals surface area contributed by atoms with Gasteiger partial charge in [-0.25, -0.2) is 0 Å². The van der Waals surface area contributed by atoms with Gasteiger partial charge in [-0.3, -0.25) is 14.3 Å². The second-order valence-corrected chi connectivity index (χ2v) is 6.18. The number of amides is 1. The van der Waals surface area contributed by atoms with E-state index in [2.05, 4.69) is 5.10 Å². The van der Waals surface area contributed by atoms with Crippen molar-refractivity contribution in [3.05, 3.63) is 40.7 Å². The van der Waals surface area contributed by atoms with Gasteiger partial charge < -0.3 is 9.64 Å². The quantitative estimate of drug-likeness (QED) is 0.835. The maximum absolute atomic E-state index is 12.8. The van der Waals surface area contributed by atoms with Gasteiger partial charge in [0.25, 0.3) is 0 Å². The fourth-order valence-electron chi connectivity index (χ4n) is 3.74. The minimum atomic E-state index is -0.119. The highest BCUT2D eigenvalue weighted by Gasteiger charge is 2.38. The van der Waals surface area contributed by atoms with Gasteiger partial charge >= 0.3 is 0 Å². The van der Waals surface area contributed by atoms with Gasteiger partial charge in [-0.2, -0.15) is 5.10 Å². The minimum Gasteiger partial charge on any atom is -0.374 e. The molecule has 2 fully saturated rings. The van der Waals surface area contributed by atoms with E-state index in [9.17, 15) is 9.59 Å². The summed E-state index contributed by atoms with van der Waals surface area (Å²) in [6, 6.07) is 7.46. The average molecular weight is 313 g/mol. The largest absolute Gasteiger partial charge is 0.374 e. The standard InChI is InChI=1S/C17H19N3O3/c21-15-10-18-20(13-5-2-1-4-12(13)15)11-17(22)19-8-9-23-16-7-3-6-14(16)19/h1-2,4-5,10,14,16H,3,6-9,11H2. The number of carbonyl (C=O) groups excluding carboxylic acids is 1. The molecule has 0 radical (unpaired) electrons. The topological polar surface area (TPSA) is 64.4 Å². The summed E-state index contributed by atoms with van der Waals surface area (Å²) in [5.74, 6) is 0.0477. The van der Waals surface area contributed by atoms with Crippen molar-refractivity contribution in [1.82, 2.24) is 14.7 Å². The predicted molar refractivity (Wildman–Crippen MR) is 85.1 cm³/mol. The van der Waals surface area contributed by atoms with Gasteiger partial charge in [0.15, 0.2) is 0 Å². The Hall–Kier alpha value is -2.21. The summed E-state index contributed by atoms with van der Waals surface area (Å²) in [6.07, 6.45) is 4.63. The lowest BCUT2D eigenvalue weighted by Crippen LogP contribution is -2.52. The number of ether oxygens (including phenoxy) is 1. The molecule has 1 saturated carbocycles. The number of para-hydroxylation sites is 1. The van der Waals surface area contributed by atoms with Crippen molar-refractivity contribution >= 4 is 16.8 Å². The maximum atomic E-state index is 12.8. The number of carbonyl (C=O) groups is 1. The highest BCUT2D eigenvalue weighted by Crippen LogP contribution is 2.29. The molecule has 2 heterocycles. The Morgan fingerprint density at radius 3 is 3.09 bits per heavy atom. The molecule has 1 aliphatic heterocycles. The molecule has 0 spiro atoms. The van der Waals surface area contributed by atoms with Crippen molar-refractivity contribution in [3.63, 3.8) is 0 Å². The van der Waals surface area contributed by atoms with Crippen LogP contribution >= 0.6 is 0 Å². The lowest BCUT2D eigenvalue weighted by Gasteiger charge is -2.37. The molecule has 2 aliphatic rings. The molecule has 2 unspecified atom stereocenters. The first kappa shape index (κ1) is 14.4. The van der Waals surface area contributed by atoms with Gasteiger partial charge in [-0.05, 0) is 31.4 Å². The van der Waals surface area contributed by atoms with Gasteiger partial charge in [-0.1, -0.05) is 12.1 Å². The number of fused-ring (bicyclic) bond motifs is 2. The number of nitrogens with zero attached hydrogens (tertiary/aromatic N) is 3. The van der Waals surface area contributed by atoms with Gasteiger partial charge in [0.1, 0.15) is 6.54 Å². The van der Waals surface area contributed by atoms with Crippen LogP contribution in [0.4, 0.5) is 0 Å². The number of hydrogen-bond acceptors (Lipinski definition) is 4. The Kier molecular flexibility index (Phi) is 3.61. The Labute approximate surface area is 133 Å². The van der Waals surface area contributed by atoms with E-state index in [4.69, 9.17) is 4.74 Å². The first-order chi connectivity index (χ1) is 11.2. The van der Waals surface area contributed by atoms with E-state index in [0.717, 1.165) is 19.3 Å². The average Bonchev–Trinajstić information content (AvgIpc) is 3.06. The third kappa shape index (κ3) is 2.53. The molecule has 1 amide bonds. The fourth-order valence-corrected chi connectivity index (χ4v) is 3.74. The molecule has 0 bridgehead atoms. The Morgan fingerprint density at radius 2 is 2.17 bits per heavy atom. The van der Waals surface area contributed by atoms with Crippen molar-refractivity contribution in [2.24, 2.45) is 0 Å². The second kappa shape index (κ2) is 5.77. The molecule has 1 aliphatic carbocycles. The van der Waals surface area contributed by atoms with Crippen LogP contribution in [0.2, 0.25) is 0 Å². The summed E-state index contributed by atoms with van der Waals surface area (Å²) in [7, 11) is 0. The van der Waals surface area contributed by atoms with Crippen LogP contribution in [0, 0.1) is 0 Å². The maximum Gasteiger partial charge on any atom is 0.244 e. The van der Waals surface area contributed by atoms with Crippen LogP contribution in [-0.2, 0) is 16.1 Å². The normalized spacial score (nSPS) is 23.9. The van der Waals surface area contributed by atoms with Crippen LogP contribution in [0.3, 0.4) is 0 Å². The fraction of sp³-hybridized carbons (Fsp3) is 0.471. The van der Waals surface area contributed by atoms with Crippen molar-refractivity contribution in [2.75, 3.05) is 13.2 Å². The third-order valence-corrected chi connectivity index (χ3v) is 4.85. The monoisotopic (exact) mass is 313 g/mol. The highest BCUT2D eigenvalue weighted by molar-refractivity contribution is 5.81. The molecule has 1 aromatic heterocycles. The van der Waals surface area contributed by atoms with E-state index in [1.165, 1.54) is 6.20 Å². The van der Waals surface area contributed by atoms with Crippen LogP contribution in [0.25, 0.3) is 10.9 Å². The zero-order valence-corrected chi connectivity index (χ0v) is 12.9. The van der Waals surface area contributed by atoms with E-state index >= 15 is 0 Å². The molecule has 2 atom stereocenters. The SMILES string of the molecule is O=C(Cn1ncc(=O)c2ccccc21)N1CCOC2CCCC21. The van der Waals surface area contributed by atoms with Gasteiger partial charge in [0, 0.05) is 11.9 Å². The molecule has 0 N–H and O–H groups in total. The summed E-state index contributed by atoms with van der Waals surface area (Å²) in [4.78, 5) is 26.6. The summed E-state index contributed by atoms with van der Waals surface area (Å²) in [5, 5.41) is 4.75. The second-order valence-electron chi connectivity index (χ2n) is 6.18. The van der Waals surface area contributed by atoms with E-state index in [1.807, 2.05) is 23.1 Å². The van der Waals surface area contributed by atoms with Crippen LogP contribution < -0.4 is 5.43 Å². The highest BCUT2D eigenvalue weighted by atomic mass is 16.5.